The number of aryl methyl sites for hydroxylation is 2. The number of carbonyl (C=O) groups is 3. The number of ketones is 1. The first-order chi connectivity index (χ1) is 17.1. The van der Waals surface area contributed by atoms with Gasteiger partial charge in [0.15, 0.2) is 5.78 Å². The van der Waals surface area contributed by atoms with E-state index in [1.807, 2.05) is 63.2 Å². The van der Waals surface area contributed by atoms with Gasteiger partial charge in [0.2, 0.25) is 5.16 Å². The molecule has 0 saturated heterocycles. The molecular weight excluding hydrogens is 536 g/mol. The van der Waals surface area contributed by atoms with Crippen LogP contribution in [0.25, 0.3) is 0 Å². The van der Waals surface area contributed by atoms with Gasteiger partial charge in [0, 0.05) is 30.4 Å². The van der Waals surface area contributed by atoms with Gasteiger partial charge in [0.05, 0.1) is 6.42 Å². The number of anilines is 1. The Morgan fingerprint density at radius 1 is 1.11 bits per heavy atom. The number of nitrogens with zero attached hydrogens (tertiary/aromatic N) is 5. The maximum Gasteiger partial charge on any atom is 0.305 e. The predicted molar refractivity (Wildman–Crippen MR) is 147 cm³/mol. The van der Waals surface area contributed by atoms with Crippen molar-refractivity contribution in [2.45, 2.75) is 48.7 Å². The smallest absolute Gasteiger partial charge is 0.305 e. The number of carbonyl (C=O) groups excluding carboxylic acids is 2. The van der Waals surface area contributed by atoms with Crippen LogP contribution in [0.1, 0.15) is 23.1 Å². The van der Waals surface area contributed by atoms with Crippen LogP contribution in [0.15, 0.2) is 52.5 Å². The minimum Gasteiger partial charge on any atom is -0.481 e. The van der Waals surface area contributed by atoms with Gasteiger partial charge in [-0.15, -0.1) is 17.5 Å². The van der Waals surface area contributed by atoms with Gasteiger partial charge < -0.3 is 15.3 Å². The first kappa shape index (κ1) is 30.1. The topological polar surface area (TPSA) is 130 Å². The quantitative estimate of drug-likeness (QED) is 0.352. The number of thioether (sulfide) groups is 1. The Labute approximate surface area is 230 Å². The molecule has 3 rings (SSSR count). The summed E-state index contributed by atoms with van der Waals surface area (Å²) < 4.78 is 1.32. The van der Waals surface area contributed by atoms with E-state index in [9.17, 15) is 19.5 Å². The number of aliphatic carboxylic acids is 1. The number of carboxylic acids is 1. The third-order valence-electron chi connectivity index (χ3n) is 5.23. The number of hydrogen-bond donors (Lipinski definition) is 2. The van der Waals surface area contributed by atoms with Crippen LogP contribution in [0.5, 0.6) is 0 Å². The van der Waals surface area contributed by atoms with E-state index < -0.39 is 29.5 Å². The fourth-order valence-corrected chi connectivity index (χ4v) is 5.01. The van der Waals surface area contributed by atoms with Gasteiger partial charge >= 0.3 is 5.97 Å². The van der Waals surface area contributed by atoms with Crippen molar-refractivity contribution in [2.24, 2.45) is 0 Å². The fraction of sp³-hybridized carbons (Fsp3) is 0.333. The Bertz CT molecular complexity index is 1220. The van der Waals surface area contributed by atoms with E-state index in [4.69, 9.17) is 0 Å². The van der Waals surface area contributed by atoms with Gasteiger partial charge in [-0.05, 0) is 64.9 Å². The van der Waals surface area contributed by atoms with E-state index in [0.717, 1.165) is 39.0 Å². The van der Waals surface area contributed by atoms with Crippen LogP contribution in [-0.2, 0) is 21.9 Å². The van der Waals surface area contributed by atoms with Gasteiger partial charge in [-0.3, -0.25) is 14.4 Å². The molecule has 0 fully saturated rings. The lowest BCUT2D eigenvalue weighted by Crippen LogP contribution is -2.42. The highest BCUT2D eigenvalue weighted by molar-refractivity contribution is 8.12. The first-order valence-electron chi connectivity index (χ1n) is 11.1. The van der Waals surface area contributed by atoms with Crippen LogP contribution in [0.2, 0.25) is 0 Å². The number of rotatable bonds is 11. The lowest BCUT2D eigenvalue weighted by atomic mass is 10.1. The van der Waals surface area contributed by atoms with E-state index >= 15 is 0 Å². The minimum atomic E-state index is -1.21. The predicted octanol–water partition coefficient (Wildman–Crippen LogP) is 3.98. The Morgan fingerprint density at radius 2 is 1.76 bits per heavy atom. The summed E-state index contributed by atoms with van der Waals surface area (Å²) >= 11 is 2.30. The van der Waals surface area contributed by atoms with Crippen molar-refractivity contribution in [3.05, 3.63) is 59.2 Å². The molecule has 0 spiro atoms. The van der Waals surface area contributed by atoms with Crippen molar-refractivity contribution < 1.29 is 19.5 Å². The highest BCUT2D eigenvalue weighted by Gasteiger charge is 2.26. The molecule has 1 aromatic heterocycles. The minimum absolute atomic E-state index is 0. The van der Waals surface area contributed by atoms with Crippen LogP contribution in [0.3, 0.4) is 0 Å². The normalized spacial score (nSPS) is 11.4. The van der Waals surface area contributed by atoms with Crippen molar-refractivity contribution in [2.75, 3.05) is 19.0 Å². The molecule has 10 nitrogen and oxygen atoms in total. The number of hydrogen-bond acceptors (Lipinski definition) is 9. The van der Waals surface area contributed by atoms with E-state index in [1.165, 1.54) is 16.4 Å². The zero-order valence-corrected chi connectivity index (χ0v) is 23.3. The number of Topliss-reactive ketones (excluding diaryl/α,β-unsaturated/α-hetero) is 1. The summed E-state index contributed by atoms with van der Waals surface area (Å²) in [4.78, 5) is 39.8. The average molecular weight is 565 g/mol. The van der Waals surface area contributed by atoms with Crippen molar-refractivity contribution in [1.82, 2.24) is 25.5 Å². The summed E-state index contributed by atoms with van der Waals surface area (Å²) in [5.74, 6) is -1.29. The summed E-state index contributed by atoms with van der Waals surface area (Å²) in [6.45, 7) is 3.71. The highest BCUT2D eigenvalue weighted by atomic mass is 35.5. The number of benzene rings is 2. The molecule has 1 atom stereocenters. The Hall–Kier alpha value is -3.09. The first-order valence-corrected chi connectivity index (χ1v) is 12.9. The van der Waals surface area contributed by atoms with Gasteiger partial charge in [-0.25, -0.2) is 4.68 Å². The SMILES string of the molecule is Cc1cc(N(C)C)cc(C)c1Sc1nnnn1CC(=O)C(CC(=O)O)NC(=O)SCc1ccccc1.Cl. The molecule has 1 heterocycles. The second-order valence-corrected chi connectivity index (χ2v) is 10.3. The van der Waals surface area contributed by atoms with Crippen molar-refractivity contribution in [3.63, 3.8) is 0 Å². The molecule has 1 amide bonds. The molecular formula is C24H29ClN6O4S2. The second-order valence-electron chi connectivity index (χ2n) is 8.35. The number of carboxylic acid groups (broad SMARTS) is 1. The highest BCUT2D eigenvalue weighted by Crippen LogP contribution is 2.34. The van der Waals surface area contributed by atoms with Crippen LogP contribution < -0.4 is 10.2 Å². The lowest BCUT2D eigenvalue weighted by Gasteiger charge is -2.18. The molecule has 13 heteroatoms. The molecule has 0 bridgehead atoms. The molecule has 37 heavy (non-hydrogen) atoms. The number of amides is 1. The number of tetrazole rings is 1. The fourth-order valence-electron chi connectivity index (χ4n) is 3.39. The Morgan fingerprint density at radius 3 is 2.35 bits per heavy atom. The van der Waals surface area contributed by atoms with Crippen molar-refractivity contribution >= 4 is 58.6 Å². The van der Waals surface area contributed by atoms with Gasteiger partial charge in [0.1, 0.15) is 12.6 Å². The molecule has 0 aliphatic heterocycles. The molecule has 2 N–H and O–H groups in total. The lowest BCUT2D eigenvalue weighted by molar-refractivity contribution is -0.139. The standard InChI is InChI=1S/C24H28N6O4S2.ClH/c1-15-10-18(29(3)4)11-16(2)22(15)36-23-26-27-28-30(23)13-20(31)19(12-21(32)33)25-24(34)35-14-17-8-6-5-7-9-17;/h5-11,19H,12-14H2,1-4H3,(H,25,34)(H,32,33);1H. The summed E-state index contributed by atoms with van der Waals surface area (Å²) in [6.07, 6.45) is -0.536. The Balaban J connectivity index is 0.00000481. The third-order valence-corrected chi connectivity index (χ3v) is 7.41. The molecule has 0 aliphatic rings. The van der Waals surface area contributed by atoms with Crippen molar-refractivity contribution in [1.29, 1.82) is 0 Å². The molecule has 1 unspecified atom stereocenters. The van der Waals surface area contributed by atoms with Crippen LogP contribution >= 0.6 is 35.9 Å². The summed E-state index contributed by atoms with van der Waals surface area (Å²) in [7, 11) is 3.94. The van der Waals surface area contributed by atoms with Crippen LogP contribution in [0, 0.1) is 13.8 Å². The number of halogens is 1. The van der Waals surface area contributed by atoms with Crippen LogP contribution in [0.4, 0.5) is 10.5 Å². The van der Waals surface area contributed by atoms with E-state index in [0.29, 0.717) is 10.9 Å². The third kappa shape index (κ3) is 8.76. The zero-order chi connectivity index (χ0) is 26.2. The maximum absolute atomic E-state index is 13.0. The second kappa shape index (κ2) is 14.0. The van der Waals surface area contributed by atoms with E-state index in [-0.39, 0.29) is 19.0 Å². The maximum atomic E-state index is 13.0. The summed E-state index contributed by atoms with van der Waals surface area (Å²) in [6, 6.07) is 12.3. The molecule has 0 aliphatic carbocycles. The molecule has 0 radical (unpaired) electrons. The Kier molecular flexibility index (Phi) is 11.4. The van der Waals surface area contributed by atoms with Gasteiger partial charge in [0.25, 0.3) is 5.24 Å². The van der Waals surface area contributed by atoms with Gasteiger partial charge in [-0.2, -0.15) is 0 Å². The summed E-state index contributed by atoms with van der Waals surface area (Å²) in [5, 5.41) is 23.4. The molecule has 3 aromatic rings. The molecule has 2 aromatic carbocycles. The number of nitrogens with one attached hydrogen (secondary N) is 1. The molecule has 198 valence electrons. The van der Waals surface area contributed by atoms with E-state index in [1.54, 1.807) is 0 Å². The molecule has 0 saturated carbocycles. The number of aromatic nitrogens is 4. The van der Waals surface area contributed by atoms with Crippen molar-refractivity contribution in [3.8, 4) is 0 Å². The van der Waals surface area contributed by atoms with Crippen LogP contribution in [-0.4, -0.2) is 62.4 Å². The average Bonchev–Trinajstić information content (AvgIpc) is 3.26. The summed E-state index contributed by atoms with van der Waals surface area (Å²) in [5.41, 5.74) is 4.09. The van der Waals surface area contributed by atoms with E-state index in [2.05, 4.69) is 33.0 Å². The zero-order valence-electron chi connectivity index (χ0n) is 20.9. The largest absolute Gasteiger partial charge is 0.481 e. The monoisotopic (exact) mass is 564 g/mol. The van der Waals surface area contributed by atoms with Gasteiger partial charge in [-0.1, -0.05) is 42.1 Å².